The topological polar surface area (TPSA) is 21.3 Å². The average molecular weight is 233 g/mol. The summed E-state index contributed by atoms with van der Waals surface area (Å²) in [5.74, 6) is 0.759. The second-order valence-electron chi connectivity index (χ2n) is 5.03. The van der Waals surface area contributed by atoms with Gasteiger partial charge < -0.3 is 10.1 Å². The molecule has 1 aromatic carbocycles. The number of hydrogen-bond donors (Lipinski definition) is 1. The predicted molar refractivity (Wildman–Crippen MR) is 71.3 cm³/mol. The summed E-state index contributed by atoms with van der Waals surface area (Å²) in [6.45, 7) is 3.99. The predicted octanol–water partition coefficient (Wildman–Crippen LogP) is 2.55. The van der Waals surface area contributed by atoms with Crippen LogP contribution >= 0.6 is 0 Å². The molecule has 0 aliphatic carbocycles. The van der Waals surface area contributed by atoms with Crippen LogP contribution < -0.4 is 5.32 Å². The Hall–Kier alpha value is -0.860. The van der Waals surface area contributed by atoms with Gasteiger partial charge in [0.1, 0.15) is 0 Å². The van der Waals surface area contributed by atoms with Crippen molar-refractivity contribution in [3.05, 3.63) is 35.4 Å². The number of hydrogen-bond acceptors (Lipinski definition) is 2. The molecule has 2 rings (SSSR count). The van der Waals surface area contributed by atoms with E-state index in [9.17, 15) is 0 Å². The van der Waals surface area contributed by atoms with Gasteiger partial charge in [-0.25, -0.2) is 0 Å². The van der Waals surface area contributed by atoms with Crippen molar-refractivity contribution in [1.82, 2.24) is 5.32 Å². The number of rotatable bonds is 4. The molecule has 0 bridgehead atoms. The summed E-state index contributed by atoms with van der Waals surface area (Å²) in [6.07, 6.45) is 3.51. The van der Waals surface area contributed by atoms with E-state index in [0.29, 0.717) is 6.04 Å². The molecule has 0 amide bonds. The van der Waals surface area contributed by atoms with Crippen LogP contribution in [-0.4, -0.2) is 26.3 Å². The Morgan fingerprint density at radius 2 is 1.88 bits per heavy atom. The second kappa shape index (κ2) is 6.18. The zero-order valence-corrected chi connectivity index (χ0v) is 10.9. The van der Waals surface area contributed by atoms with Crippen molar-refractivity contribution in [2.75, 3.05) is 20.3 Å². The third kappa shape index (κ3) is 3.55. The number of benzene rings is 1. The zero-order chi connectivity index (χ0) is 12.1. The molecule has 17 heavy (non-hydrogen) atoms. The third-order valence-electron chi connectivity index (χ3n) is 3.78. The zero-order valence-electron chi connectivity index (χ0n) is 10.9. The Morgan fingerprint density at radius 3 is 2.47 bits per heavy atom. The number of ether oxygens (including phenoxy) is 1. The quantitative estimate of drug-likeness (QED) is 0.863. The molecule has 2 nitrogen and oxygen atoms in total. The minimum Gasteiger partial charge on any atom is -0.381 e. The van der Waals surface area contributed by atoms with Gasteiger partial charge in [0.15, 0.2) is 0 Å². The van der Waals surface area contributed by atoms with Gasteiger partial charge in [0, 0.05) is 19.3 Å². The highest BCUT2D eigenvalue weighted by atomic mass is 16.5. The van der Waals surface area contributed by atoms with Gasteiger partial charge in [0.25, 0.3) is 0 Å². The molecule has 1 N–H and O–H groups in total. The average Bonchev–Trinajstić information content (AvgIpc) is 2.39. The molecule has 0 spiro atoms. The molecule has 0 radical (unpaired) electrons. The molecular weight excluding hydrogens is 210 g/mol. The number of likely N-dealkylation sites (N-methyl/N-ethyl adjacent to an activating group) is 1. The lowest BCUT2D eigenvalue weighted by molar-refractivity contribution is 0.0547. The van der Waals surface area contributed by atoms with Gasteiger partial charge in [-0.3, -0.25) is 0 Å². The molecule has 1 atom stereocenters. The first-order chi connectivity index (χ1) is 8.29. The largest absolute Gasteiger partial charge is 0.381 e. The van der Waals surface area contributed by atoms with Gasteiger partial charge in [-0.1, -0.05) is 29.8 Å². The first-order valence-electron chi connectivity index (χ1n) is 6.60. The first-order valence-corrected chi connectivity index (χ1v) is 6.60. The highest BCUT2D eigenvalue weighted by Crippen LogP contribution is 2.21. The monoisotopic (exact) mass is 233 g/mol. The summed E-state index contributed by atoms with van der Waals surface area (Å²) in [6, 6.07) is 9.48. The Morgan fingerprint density at radius 1 is 1.24 bits per heavy atom. The van der Waals surface area contributed by atoms with Gasteiger partial charge in [-0.05, 0) is 44.7 Å². The van der Waals surface area contributed by atoms with E-state index in [2.05, 4.69) is 43.6 Å². The van der Waals surface area contributed by atoms with Crippen molar-refractivity contribution >= 4 is 0 Å². The maximum atomic E-state index is 5.43. The summed E-state index contributed by atoms with van der Waals surface area (Å²) in [5.41, 5.74) is 2.77. The Bertz CT molecular complexity index is 327. The number of nitrogens with one attached hydrogen (secondary N) is 1. The van der Waals surface area contributed by atoms with Crippen molar-refractivity contribution in [3.8, 4) is 0 Å². The first kappa shape index (κ1) is 12.6. The summed E-state index contributed by atoms with van der Waals surface area (Å²) >= 11 is 0. The lowest BCUT2D eigenvalue weighted by Gasteiger charge is -2.30. The van der Waals surface area contributed by atoms with E-state index >= 15 is 0 Å². The summed E-state index contributed by atoms with van der Waals surface area (Å²) < 4.78 is 5.43. The van der Waals surface area contributed by atoms with Crippen molar-refractivity contribution < 1.29 is 4.74 Å². The van der Waals surface area contributed by atoms with Crippen LogP contribution in [0.15, 0.2) is 24.3 Å². The van der Waals surface area contributed by atoms with Crippen molar-refractivity contribution in [2.24, 2.45) is 5.92 Å². The Labute approximate surface area is 104 Å². The lowest BCUT2D eigenvalue weighted by Crippen LogP contribution is -2.38. The fraction of sp³-hybridized carbons (Fsp3) is 0.600. The molecule has 1 fully saturated rings. The van der Waals surface area contributed by atoms with Crippen molar-refractivity contribution in [2.45, 2.75) is 32.2 Å². The van der Waals surface area contributed by atoms with Crippen LogP contribution in [0.2, 0.25) is 0 Å². The molecule has 1 aromatic rings. The van der Waals surface area contributed by atoms with E-state index in [4.69, 9.17) is 4.74 Å². The highest BCUT2D eigenvalue weighted by Gasteiger charge is 2.22. The van der Waals surface area contributed by atoms with E-state index in [-0.39, 0.29) is 0 Å². The van der Waals surface area contributed by atoms with E-state index in [1.54, 1.807) is 0 Å². The second-order valence-corrected chi connectivity index (χ2v) is 5.03. The smallest absolute Gasteiger partial charge is 0.0469 e. The SMILES string of the molecule is CNC(Cc1ccc(C)cc1)C1CCOCC1. The molecule has 0 aromatic heterocycles. The van der Waals surface area contributed by atoms with Crippen LogP contribution in [0.4, 0.5) is 0 Å². The Kier molecular flexibility index (Phi) is 4.57. The highest BCUT2D eigenvalue weighted by molar-refractivity contribution is 5.22. The molecule has 1 saturated heterocycles. The van der Waals surface area contributed by atoms with Crippen LogP contribution in [0.5, 0.6) is 0 Å². The maximum absolute atomic E-state index is 5.43. The fourth-order valence-electron chi connectivity index (χ4n) is 2.60. The van der Waals surface area contributed by atoms with Gasteiger partial charge >= 0.3 is 0 Å². The van der Waals surface area contributed by atoms with Crippen LogP contribution in [0.1, 0.15) is 24.0 Å². The van der Waals surface area contributed by atoms with Gasteiger partial charge in [0.2, 0.25) is 0 Å². The van der Waals surface area contributed by atoms with Crippen LogP contribution in [0.25, 0.3) is 0 Å². The minimum absolute atomic E-state index is 0.585. The minimum atomic E-state index is 0.585. The molecule has 94 valence electrons. The van der Waals surface area contributed by atoms with E-state index in [0.717, 1.165) is 25.6 Å². The summed E-state index contributed by atoms with van der Waals surface area (Å²) in [5, 5.41) is 3.48. The van der Waals surface area contributed by atoms with Crippen LogP contribution in [0, 0.1) is 12.8 Å². The standard InChI is InChI=1S/C15H23NO/c1-12-3-5-13(6-4-12)11-15(16-2)14-7-9-17-10-8-14/h3-6,14-16H,7-11H2,1-2H3. The fourth-order valence-corrected chi connectivity index (χ4v) is 2.60. The van der Waals surface area contributed by atoms with E-state index in [1.165, 1.54) is 24.0 Å². The van der Waals surface area contributed by atoms with Gasteiger partial charge in [-0.15, -0.1) is 0 Å². The Balaban J connectivity index is 1.96. The molecular formula is C15H23NO. The summed E-state index contributed by atoms with van der Waals surface area (Å²) in [7, 11) is 2.08. The van der Waals surface area contributed by atoms with Gasteiger partial charge in [-0.2, -0.15) is 0 Å². The maximum Gasteiger partial charge on any atom is 0.0469 e. The van der Waals surface area contributed by atoms with Crippen molar-refractivity contribution in [3.63, 3.8) is 0 Å². The number of aryl methyl sites for hydroxylation is 1. The van der Waals surface area contributed by atoms with E-state index in [1.807, 2.05) is 0 Å². The van der Waals surface area contributed by atoms with Crippen LogP contribution in [0.3, 0.4) is 0 Å². The molecule has 1 aliphatic heterocycles. The lowest BCUT2D eigenvalue weighted by atomic mass is 9.87. The normalized spacial score (nSPS) is 19.2. The van der Waals surface area contributed by atoms with Gasteiger partial charge in [0.05, 0.1) is 0 Å². The van der Waals surface area contributed by atoms with E-state index < -0.39 is 0 Å². The van der Waals surface area contributed by atoms with Crippen molar-refractivity contribution in [1.29, 1.82) is 0 Å². The molecule has 1 heterocycles. The summed E-state index contributed by atoms with van der Waals surface area (Å²) in [4.78, 5) is 0. The molecule has 0 saturated carbocycles. The third-order valence-corrected chi connectivity index (χ3v) is 3.78. The molecule has 1 unspecified atom stereocenters. The molecule has 2 heteroatoms. The van der Waals surface area contributed by atoms with Crippen LogP contribution in [-0.2, 0) is 11.2 Å². The molecule has 1 aliphatic rings.